The fraction of sp³-hybridized carbons (Fsp3) is 0.333. The van der Waals surface area contributed by atoms with E-state index >= 15 is 0 Å². The van der Waals surface area contributed by atoms with Gasteiger partial charge in [-0.05, 0) is 45.4 Å². The first-order valence-electron chi connectivity index (χ1n) is 11.6. The Hall–Kier alpha value is -4.32. The number of hydrogen-bond acceptors (Lipinski definition) is 6. The molecule has 0 unspecified atom stereocenters. The summed E-state index contributed by atoms with van der Waals surface area (Å²) in [5.74, 6) is 1.14. The van der Waals surface area contributed by atoms with Crippen LogP contribution in [0.15, 0.2) is 34.9 Å². The summed E-state index contributed by atoms with van der Waals surface area (Å²) in [5, 5.41) is 20.2. The van der Waals surface area contributed by atoms with Crippen molar-refractivity contribution in [3.63, 3.8) is 0 Å². The number of H-pyrrole nitrogens is 1. The molecule has 2 aromatic heterocycles. The molecule has 0 bridgehead atoms. The molecule has 0 aliphatic carbocycles. The SMILES string of the molecule is CNC(=O)c1c(C)oc2cc(O/C(=C/C=N)c3[nH]cc(C(=O)N4CC(C(C)(C)C#N)C4)c3C)ccc12. The van der Waals surface area contributed by atoms with Crippen molar-refractivity contribution < 1.29 is 18.7 Å². The maximum Gasteiger partial charge on any atom is 0.255 e. The van der Waals surface area contributed by atoms with Crippen LogP contribution in [-0.2, 0) is 0 Å². The average Bonchev–Trinajstić information content (AvgIpc) is 3.35. The number of furan rings is 1. The molecule has 3 heterocycles. The molecule has 1 aromatic carbocycles. The minimum absolute atomic E-state index is 0.108. The summed E-state index contributed by atoms with van der Waals surface area (Å²) in [6, 6.07) is 7.49. The molecule has 186 valence electrons. The number of aromatic amines is 1. The molecule has 9 nitrogen and oxygen atoms in total. The number of allylic oxidation sites excluding steroid dienone is 1. The van der Waals surface area contributed by atoms with Gasteiger partial charge < -0.3 is 29.8 Å². The van der Waals surface area contributed by atoms with Gasteiger partial charge in [-0.25, -0.2) is 0 Å². The van der Waals surface area contributed by atoms with Crippen molar-refractivity contribution in [1.29, 1.82) is 10.7 Å². The molecule has 1 aliphatic rings. The van der Waals surface area contributed by atoms with E-state index in [-0.39, 0.29) is 17.7 Å². The Balaban J connectivity index is 1.57. The number of nitrogens with zero attached hydrogens (tertiary/aromatic N) is 2. The number of carbonyl (C=O) groups is 2. The molecule has 1 aliphatic heterocycles. The molecule has 9 heteroatoms. The predicted octanol–water partition coefficient (Wildman–Crippen LogP) is 4.43. The second-order valence-electron chi connectivity index (χ2n) is 9.51. The number of fused-ring (bicyclic) bond motifs is 1. The lowest BCUT2D eigenvalue weighted by molar-refractivity contribution is 0.0297. The zero-order valence-electron chi connectivity index (χ0n) is 21.0. The van der Waals surface area contributed by atoms with E-state index in [1.807, 2.05) is 20.8 Å². The first-order chi connectivity index (χ1) is 17.1. The van der Waals surface area contributed by atoms with Crippen LogP contribution in [0.1, 0.15) is 51.6 Å². The predicted molar refractivity (Wildman–Crippen MR) is 136 cm³/mol. The van der Waals surface area contributed by atoms with E-state index in [0.717, 1.165) is 6.21 Å². The molecule has 3 aromatic rings. The quantitative estimate of drug-likeness (QED) is 0.335. The Labute approximate surface area is 209 Å². The summed E-state index contributed by atoms with van der Waals surface area (Å²) in [6.45, 7) is 8.43. The van der Waals surface area contributed by atoms with E-state index in [0.29, 0.717) is 63.7 Å². The van der Waals surface area contributed by atoms with Gasteiger partial charge in [0.2, 0.25) is 0 Å². The molecule has 2 amide bonds. The van der Waals surface area contributed by atoms with Crippen LogP contribution in [0.2, 0.25) is 0 Å². The lowest BCUT2D eigenvalue weighted by Gasteiger charge is -2.44. The van der Waals surface area contributed by atoms with Gasteiger partial charge >= 0.3 is 0 Å². The molecular formula is C27H29N5O4. The number of amides is 2. The highest BCUT2D eigenvalue weighted by atomic mass is 16.5. The van der Waals surface area contributed by atoms with Crippen molar-refractivity contribution in [2.24, 2.45) is 11.3 Å². The van der Waals surface area contributed by atoms with Crippen molar-refractivity contribution in [3.8, 4) is 11.8 Å². The topological polar surface area (TPSA) is 135 Å². The van der Waals surface area contributed by atoms with Gasteiger partial charge in [0.25, 0.3) is 11.8 Å². The summed E-state index contributed by atoms with van der Waals surface area (Å²) in [7, 11) is 1.57. The van der Waals surface area contributed by atoms with E-state index in [4.69, 9.17) is 14.6 Å². The molecule has 0 saturated carbocycles. The first kappa shape index (κ1) is 24.8. The third-order valence-corrected chi connectivity index (χ3v) is 6.85. The standard InChI is InChI=1S/C27H29N5O4/c1-15-20(26(34)32-12-17(13-32)27(3,4)14-29)11-31-24(15)21(8-9-28)36-18-6-7-19-22(10-18)35-16(2)23(19)25(33)30-5/h6-11,17,28,31H,12-13H2,1-5H3,(H,30,33)/b21-8+,28-9?. The number of rotatable bonds is 7. The van der Waals surface area contributed by atoms with Crippen molar-refractivity contribution in [2.45, 2.75) is 27.7 Å². The minimum Gasteiger partial charge on any atom is -0.460 e. The number of carbonyl (C=O) groups excluding carboxylic acids is 2. The Morgan fingerprint density at radius 3 is 2.69 bits per heavy atom. The molecule has 3 N–H and O–H groups in total. The van der Waals surface area contributed by atoms with E-state index < -0.39 is 5.41 Å². The van der Waals surface area contributed by atoms with Crippen LogP contribution < -0.4 is 10.1 Å². The second kappa shape index (κ2) is 9.38. The zero-order chi connectivity index (χ0) is 26.2. The van der Waals surface area contributed by atoms with Crippen LogP contribution >= 0.6 is 0 Å². The lowest BCUT2D eigenvalue weighted by Crippen LogP contribution is -2.54. The Kier molecular flexibility index (Phi) is 6.46. The first-order valence-corrected chi connectivity index (χ1v) is 11.6. The largest absolute Gasteiger partial charge is 0.460 e. The summed E-state index contributed by atoms with van der Waals surface area (Å²) < 4.78 is 11.9. The smallest absolute Gasteiger partial charge is 0.255 e. The monoisotopic (exact) mass is 487 g/mol. The molecule has 0 radical (unpaired) electrons. The van der Waals surface area contributed by atoms with Gasteiger partial charge in [-0.2, -0.15) is 5.26 Å². The molecule has 0 atom stereocenters. The number of ether oxygens (including phenoxy) is 1. The van der Waals surface area contributed by atoms with E-state index in [1.54, 1.807) is 43.3 Å². The highest BCUT2D eigenvalue weighted by molar-refractivity contribution is 6.07. The number of aryl methyl sites for hydroxylation is 1. The second-order valence-corrected chi connectivity index (χ2v) is 9.51. The fourth-order valence-corrected chi connectivity index (χ4v) is 4.38. The maximum absolute atomic E-state index is 13.1. The molecule has 36 heavy (non-hydrogen) atoms. The van der Waals surface area contributed by atoms with Gasteiger partial charge in [0.15, 0.2) is 5.76 Å². The third kappa shape index (κ3) is 4.26. The molecule has 4 rings (SSSR count). The van der Waals surface area contributed by atoms with E-state index in [9.17, 15) is 14.9 Å². The van der Waals surface area contributed by atoms with Crippen LogP contribution in [0.4, 0.5) is 0 Å². The van der Waals surface area contributed by atoms with Crippen LogP contribution in [0.25, 0.3) is 16.7 Å². The van der Waals surface area contributed by atoms with Crippen LogP contribution in [0.5, 0.6) is 5.75 Å². The molecule has 1 saturated heterocycles. The summed E-state index contributed by atoms with van der Waals surface area (Å²) in [4.78, 5) is 30.2. The van der Waals surface area contributed by atoms with Gasteiger partial charge in [-0.3, -0.25) is 9.59 Å². The molecular weight excluding hydrogens is 458 g/mol. The van der Waals surface area contributed by atoms with Gasteiger partial charge in [-0.1, -0.05) is 0 Å². The molecule has 1 fully saturated rings. The minimum atomic E-state index is -0.475. The van der Waals surface area contributed by atoms with Gasteiger partial charge in [0.05, 0.1) is 28.3 Å². The normalized spacial score (nSPS) is 14.3. The van der Waals surface area contributed by atoms with Gasteiger partial charge in [0.1, 0.15) is 17.1 Å². The van der Waals surface area contributed by atoms with Crippen molar-refractivity contribution in [3.05, 3.63) is 58.6 Å². The number of likely N-dealkylation sites (tertiary alicyclic amines) is 1. The van der Waals surface area contributed by atoms with Crippen LogP contribution in [0, 0.1) is 41.9 Å². The molecule has 0 spiro atoms. The summed E-state index contributed by atoms with van der Waals surface area (Å²) in [6.07, 6.45) is 4.25. The maximum atomic E-state index is 13.1. The van der Waals surface area contributed by atoms with Crippen molar-refractivity contribution >= 4 is 34.8 Å². The van der Waals surface area contributed by atoms with Crippen molar-refractivity contribution in [2.75, 3.05) is 20.1 Å². The number of benzene rings is 1. The van der Waals surface area contributed by atoms with Crippen molar-refractivity contribution in [1.82, 2.24) is 15.2 Å². The number of nitriles is 1. The average molecular weight is 488 g/mol. The highest BCUT2D eigenvalue weighted by Gasteiger charge is 2.41. The van der Waals surface area contributed by atoms with Gasteiger partial charge in [0, 0.05) is 56.0 Å². The third-order valence-electron chi connectivity index (χ3n) is 6.85. The Morgan fingerprint density at radius 1 is 1.33 bits per heavy atom. The number of nitrogens with one attached hydrogen (secondary N) is 3. The van der Waals surface area contributed by atoms with E-state index in [1.165, 1.54) is 6.08 Å². The van der Waals surface area contributed by atoms with Crippen LogP contribution in [0.3, 0.4) is 0 Å². The lowest BCUT2D eigenvalue weighted by atomic mass is 9.75. The number of aromatic nitrogens is 1. The zero-order valence-corrected chi connectivity index (χ0v) is 21.0. The van der Waals surface area contributed by atoms with Crippen LogP contribution in [-0.4, -0.2) is 48.1 Å². The number of hydrogen-bond donors (Lipinski definition) is 3. The Morgan fingerprint density at radius 2 is 2.06 bits per heavy atom. The van der Waals surface area contributed by atoms with E-state index in [2.05, 4.69) is 16.4 Å². The summed E-state index contributed by atoms with van der Waals surface area (Å²) in [5.41, 5.74) is 2.31. The highest BCUT2D eigenvalue weighted by Crippen LogP contribution is 2.35. The van der Waals surface area contributed by atoms with Gasteiger partial charge in [-0.15, -0.1) is 0 Å². The Bertz CT molecular complexity index is 1430. The fourth-order valence-electron chi connectivity index (χ4n) is 4.38. The summed E-state index contributed by atoms with van der Waals surface area (Å²) >= 11 is 0.